The van der Waals surface area contributed by atoms with Crippen molar-refractivity contribution in [3.8, 4) is 11.7 Å². The van der Waals surface area contributed by atoms with Crippen molar-refractivity contribution in [1.82, 2.24) is 29.9 Å². The summed E-state index contributed by atoms with van der Waals surface area (Å²) in [5, 5.41) is 17.4. The van der Waals surface area contributed by atoms with Gasteiger partial charge in [-0.1, -0.05) is 5.16 Å². The maximum atomic E-state index is 13.2. The van der Waals surface area contributed by atoms with Gasteiger partial charge in [0.15, 0.2) is 16.6 Å². The first-order valence-corrected chi connectivity index (χ1v) is 15.2. The van der Waals surface area contributed by atoms with E-state index in [-0.39, 0.29) is 16.6 Å². The predicted molar refractivity (Wildman–Crippen MR) is 152 cm³/mol. The number of anilines is 1. The van der Waals surface area contributed by atoms with Crippen LogP contribution in [0.5, 0.6) is 5.75 Å². The van der Waals surface area contributed by atoms with Crippen LogP contribution in [-0.2, 0) is 40.4 Å². The number of hydrogen-bond acceptors (Lipinski definition) is 15. The van der Waals surface area contributed by atoms with Gasteiger partial charge in [-0.2, -0.15) is 28.0 Å². The van der Waals surface area contributed by atoms with Crippen LogP contribution in [0.15, 0.2) is 41.7 Å². The smallest absolute Gasteiger partial charge is 0.418 e. The van der Waals surface area contributed by atoms with Gasteiger partial charge in [-0.25, -0.2) is 14.3 Å². The highest BCUT2D eigenvalue weighted by atomic mass is 32.3. The van der Waals surface area contributed by atoms with Gasteiger partial charge in [-0.15, -0.1) is 15.6 Å². The van der Waals surface area contributed by atoms with Gasteiger partial charge >= 0.3 is 22.3 Å². The van der Waals surface area contributed by atoms with Crippen LogP contribution >= 0.6 is 11.3 Å². The largest absolute Gasteiger partial charge is 0.486 e. The Morgan fingerprint density at radius 1 is 1.31 bits per heavy atom. The number of hydrogen-bond donors (Lipinski definition) is 5. The maximum absolute atomic E-state index is 13.2. The summed E-state index contributed by atoms with van der Waals surface area (Å²) in [6.07, 6.45) is 7.12. The highest BCUT2D eigenvalue weighted by molar-refractivity contribution is 7.80. The summed E-state index contributed by atoms with van der Waals surface area (Å²) in [6.45, 7) is 3.41. The second-order valence-corrected chi connectivity index (χ2v) is 11.8. The summed E-state index contributed by atoms with van der Waals surface area (Å²) in [6, 6.07) is -1.34. The minimum Gasteiger partial charge on any atom is -0.486 e. The lowest BCUT2D eigenvalue weighted by atomic mass is 9.84. The van der Waals surface area contributed by atoms with E-state index in [1.54, 1.807) is 17.1 Å². The van der Waals surface area contributed by atoms with E-state index in [4.69, 9.17) is 25.6 Å². The Hall–Kier alpha value is -4.77. The first-order valence-electron chi connectivity index (χ1n) is 12.9. The number of imidazole rings is 1. The number of oxime groups is 1. The summed E-state index contributed by atoms with van der Waals surface area (Å²) in [7, 11) is -5.02. The Balaban J connectivity index is 1.44. The number of nitrogens with two attached hydrogens (primary N) is 2. The average molecular weight is 670 g/mol. The molecular formula is C23H29N10O10S2+. The van der Waals surface area contributed by atoms with E-state index < -0.39 is 58.2 Å². The number of β-lactam (4-membered cyclic amide) rings is 1. The molecule has 4 heterocycles. The molecule has 2 atom stereocenters. The van der Waals surface area contributed by atoms with Gasteiger partial charge in [0.2, 0.25) is 0 Å². The summed E-state index contributed by atoms with van der Waals surface area (Å²) in [5.74, 6) is -3.08. The molecule has 1 unspecified atom stereocenters. The number of rotatable bonds is 15. The fourth-order valence-corrected chi connectivity index (χ4v) is 4.89. The lowest BCUT2D eigenvalue weighted by Gasteiger charge is -2.50. The number of carbonyl (C=O) groups excluding carboxylic acids is 2. The highest BCUT2D eigenvalue weighted by Gasteiger charge is 2.58. The molecular weight excluding hydrogens is 640 g/mol. The molecule has 242 valence electrons. The van der Waals surface area contributed by atoms with Crippen LogP contribution < -0.4 is 26.1 Å². The first kappa shape index (κ1) is 33.1. The summed E-state index contributed by atoms with van der Waals surface area (Å²) in [5.41, 5.74) is 9.13. The number of nitrogens with zero attached hydrogens (tertiary/aromatic N) is 7. The molecule has 1 aliphatic heterocycles. The Bertz CT molecular complexity index is 1690. The number of aryl methyl sites for hydroxylation is 1. The van der Waals surface area contributed by atoms with Crippen molar-refractivity contribution >= 4 is 50.4 Å². The zero-order chi connectivity index (χ0) is 32.9. The van der Waals surface area contributed by atoms with Gasteiger partial charge in [0.1, 0.15) is 30.7 Å². The quantitative estimate of drug-likeness (QED) is 0.0386. The average Bonchev–Trinajstić information content (AvgIpc) is 3.64. The molecule has 2 amide bonds. The van der Waals surface area contributed by atoms with Crippen molar-refractivity contribution in [2.24, 2.45) is 10.9 Å². The monoisotopic (exact) mass is 669 g/mol. The molecule has 22 heteroatoms. The number of carbonyl (C=O) groups is 3. The number of hydroxylamine groups is 2. The van der Waals surface area contributed by atoms with Gasteiger partial charge in [0.25, 0.3) is 24.2 Å². The number of aliphatic carboxylic acids is 1. The van der Waals surface area contributed by atoms with E-state index in [1.807, 2.05) is 10.8 Å². The third kappa shape index (κ3) is 8.04. The number of aromatic nitrogens is 5. The van der Waals surface area contributed by atoms with Gasteiger partial charge in [0, 0.05) is 5.38 Å². The fourth-order valence-electron chi connectivity index (χ4n) is 3.89. The van der Waals surface area contributed by atoms with Gasteiger partial charge in [0.05, 0.1) is 24.5 Å². The summed E-state index contributed by atoms with van der Waals surface area (Å²) >= 11 is 0.946. The van der Waals surface area contributed by atoms with E-state index in [9.17, 15) is 27.9 Å². The number of ether oxygens (including phenoxy) is 1. The molecule has 3 aromatic heterocycles. The SMILES string of the molecule is CC1(C)C(NC(=O)/C(=N\O[C@@H](COc2cnc(-n3cc[n+](CCCN)c3)nc2)C(=O)O)c2csc(N)n2)C(=O)N1OS(=O)(=O)O. The zero-order valence-corrected chi connectivity index (χ0v) is 25.3. The molecule has 3 aromatic rings. The van der Waals surface area contributed by atoms with Crippen LogP contribution in [0.4, 0.5) is 5.13 Å². The van der Waals surface area contributed by atoms with E-state index in [0.29, 0.717) is 17.6 Å². The van der Waals surface area contributed by atoms with Crippen LogP contribution in [0, 0.1) is 0 Å². The minimum atomic E-state index is -5.02. The molecule has 0 radical (unpaired) electrons. The minimum absolute atomic E-state index is 0.0464. The third-order valence-corrected chi connectivity index (χ3v) is 7.22. The second kappa shape index (κ2) is 13.5. The predicted octanol–water partition coefficient (Wildman–Crippen LogP) is -1.96. The highest BCUT2D eigenvalue weighted by Crippen LogP contribution is 2.33. The zero-order valence-electron chi connectivity index (χ0n) is 23.7. The molecule has 20 nitrogen and oxygen atoms in total. The number of nitrogens with one attached hydrogen (secondary N) is 1. The summed E-state index contributed by atoms with van der Waals surface area (Å²) in [4.78, 5) is 55.0. The Labute approximate surface area is 259 Å². The van der Waals surface area contributed by atoms with E-state index in [1.165, 1.54) is 31.6 Å². The Morgan fingerprint density at radius 3 is 2.60 bits per heavy atom. The van der Waals surface area contributed by atoms with Crippen molar-refractivity contribution in [1.29, 1.82) is 0 Å². The van der Waals surface area contributed by atoms with Crippen LogP contribution in [0.1, 0.15) is 26.0 Å². The fraction of sp³-hybridized carbons (Fsp3) is 0.391. The molecule has 4 rings (SSSR count). The number of thiazole rings is 1. The molecule has 45 heavy (non-hydrogen) atoms. The molecule has 0 spiro atoms. The molecule has 0 aliphatic carbocycles. The number of amides is 2. The van der Waals surface area contributed by atoms with Crippen molar-refractivity contribution in [2.75, 3.05) is 18.9 Å². The van der Waals surface area contributed by atoms with Crippen molar-refractivity contribution in [3.63, 3.8) is 0 Å². The van der Waals surface area contributed by atoms with Crippen molar-refractivity contribution < 1.29 is 50.9 Å². The third-order valence-electron chi connectivity index (χ3n) is 6.21. The van der Waals surface area contributed by atoms with Crippen LogP contribution in [-0.4, -0.2) is 97.0 Å². The van der Waals surface area contributed by atoms with Gasteiger partial charge in [-0.05, 0) is 26.8 Å². The van der Waals surface area contributed by atoms with Gasteiger partial charge < -0.3 is 31.5 Å². The van der Waals surface area contributed by atoms with Gasteiger partial charge in [-0.3, -0.25) is 14.1 Å². The molecule has 1 aliphatic rings. The molecule has 0 bridgehead atoms. The van der Waals surface area contributed by atoms with Crippen molar-refractivity contribution in [3.05, 3.63) is 42.2 Å². The standard InChI is InChI=1S/C23H28N10O10S2/c1-23(2)17(19(35)33(23)43-45(38,39)40)29-18(34)16(14-11-44-21(25)28-14)30-42-15(20(36)37)10-41-13-8-26-22(27-9-13)32-7-6-31(12-32)5-3-4-24/h6-9,11-12,15,17H,3-5,10,24H2,1-2H3,(H4-,25,28,29,34,36,37,38,39,40)/p+1/b30-16-/t15-,17?/m0/s1. The topological polar surface area (TPSA) is 281 Å². The number of nitrogen functional groups attached to an aromatic ring is 1. The number of carboxylic acid groups (broad SMARTS) is 1. The lowest BCUT2D eigenvalue weighted by molar-refractivity contribution is -0.696. The Kier molecular flexibility index (Phi) is 9.92. The second-order valence-electron chi connectivity index (χ2n) is 9.87. The molecule has 7 N–H and O–H groups in total. The molecule has 0 saturated carbocycles. The lowest BCUT2D eigenvalue weighted by Crippen LogP contribution is -2.76. The number of carboxylic acids is 1. The van der Waals surface area contributed by atoms with E-state index >= 15 is 0 Å². The van der Waals surface area contributed by atoms with E-state index in [2.05, 4.69) is 29.7 Å². The first-order chi connectivity index (χ1) is 21.2. The molecule has 0 aromatic carbocycles. The normalized spacial score (nSPS) is 17.0. The van der Waals surface area contributed by atoms with Crippen LogP contribution in [0.25, 0.3) is 5.95 Å². The molecule has 1 fully saturated rings. The van der Waals surface area contributed by atoms with Crippen molar-refractivity contribution in [2.45, 2.75) is 44.5 Å². The van der Waals surface area contributed by atoms with Crippen LogP contribution in [0.3, 0.4) is 0 Å². The van der Waals surface area contributed by atoms with Crippen LogP contribution in [0.2, 0.25) is 0 Å². The maximum Gasteiger partial charge on any atom is 0.418 e. The molecule has 1 saturated heterocycles. The summed E-state index contributed by atoms with van der Waals surface area (Å²) < 4.78 is 44.4. The van der Waals surface area contributed by atoms with E-state index in [0.717, 1.165) is 24.3 Å². The Morgan fingerprint density at radius 2 is 2.02 bits per heavy atom.